The van der Waals surface area contributed by atoms with Gasteiger partial charge in [-0.25, -0.2) is 9.97 Å². The second-order valence-electron chi connectivity index (χ2n) is 5.84. The highest BCUT2D eigenvalue weighted by molar-refractivity contribution is 7.09. The van der Waals surface area contributed by atoms with Crippen molar-refractivity contribution in [3.8, 4) is 0 Å². The minimum absolute atomic E-state index is 0.0192. The van der Waals surface area contributed by atoms with E-state index in [1.165, 1.54) is 4.88 Å². The summed E-state index contributed by atoms with van der Waals surface area (Å²) < 4.78 is 0. The van der Waals surface area contributed by atoms with Crippen LogP contribution in [0.15, 0.2) is 29.8 Å². The molecule has 3 nitrogen and oxygen atoms in total. The monoisotopic (exact) mass is 275 g/mol. The van der Waals surface area contributed by atoms with Crippen LogP contribution in [-0.2, 0) is 11.8 Å². The van der Waals surface area contributed by atoms with Crippen molar-refractivity contribution in [1.82, 2.24) is 9.97 Å². The Bertz CT molecular complexity index is 514. The molecule has 102 valence electrons. The summed E-state index contributed by atoms with van der Waals surface area (Å²) in [6.07, 6.45) is 2.85. The minimum Gasteiger partial charge on any atom is -0.367 e. The highest BCUT2D eigenvalue weighted by Crippen LogP contribution is 2.19. The van der Waals surface area contributed by atoms with E-state index in [9.17, 15) is 0 Å². The first-order valence-corrected chi connectivity index (χ1v) is 7.45. The summed E-state index contributed by atoms with van der Waals surface area (Å²) in [5, 5.41) is 5.56. The Morgan fingerprint density at radius 1 is 1.32 bits per heavy atom. The Kier molecular flexibility index (Phi) is 4.20. The fourth-order valence-electron chi connectivity index (χ4n) is 1.83. The number of nitrogens with zero attached hydrogens (tertiary/aromatic N) is 2. The maximum absolute atomic E-state index is 4.59. The van der Waals surface area contributed by atoms with E-state index < -0.39 is 0 Å². The van der Waals surface area contributed by atoms with Gasteiger partial charge in [-0.1, -0.05) is 26.8 Å². The van der Waals surface area contributed by atoms with Gasteiger partial charge in [-0.2, -0.15) is 0 Å². The molecule has 19 heavy (non-hydrogen) atoms. The van der Waals surface area contributed by atoms with Crippen LogP contribution in [0, 0.1) is 0 Å². The normalized spacial score (nSPS) is 13.3. The smallest absolute Gasteiger partial charge is 0.135 e. The van der Waals surface area contributed by atoms with Gasteiger partial charge in [0.25, 0.3) is 0 Å². The van der Waals surface area contributed by atoms with Crippen molar-refractivity contribution < 1.29 is 0 Å². The lowest BCUT2D eigenvalue weighted by molar-refractivity contribution is 0.545. The van der Waals surface area contributed by atoms with Crippen molar-refractivity contribution in [2.45, 2.75) is 45.6 Å². The Hall–Kier alpha value is -1.42. The third-order valence-corrected chi connectivity index (χ3v) is 3.71. The highest BCUT2D eigenvalue weighted by atomic mass is 32.1. The van der Waals surface area contributed by atoms with Gasteiger partial charge < -0.3 is 5.32 Å². The minimum atomic E-state index is -0.0192. The van der Waals surface area contributed by atoms with Crippen molar-refractivity contribution in [2.24, 2.45) is 0 Å². The molecular weight excluding hydrogens is 254 g/mol. The zero-order chi connectivity index (χ0) is 13.9. The van der Waals surface area contributed by atoms with Crippen LogP contribution in [0.4, 0.5) is 5.82 Å². The molecule has 4 heteroatoms. The lowest BCUT2D eigenvalue weighted by Crippen LogP contribution is -2.21. The van der Waals surface area contributed by atoms with Crippen LogP contribution in [0.3, 0.4) is 0 Å². The molecule has 0 aliphatic rings. The van der Waals surface area contributed by atoms with Crippen molar-refractivity contribution >= 4 is 17.2 Å². The number of aromatic nitrogens is 2. The number of hydrogen-bond donors (Lipinski definition) is 1. The van der Waals surface area contributed by atoms with E-state index in [2.05, 4.69) is 60.5 Å². The zero-order valence-corrected chi connectivity index (χ0v) is 12.8. The van der Waals surface area contributed by atoms with Gasteiger partial charge in [-0.15, -0.1) is 11.3 Å². The SMILES string of the molecule is CC(Cc1cccs1)Nc1ccnc(C(C)(C)C)n1. The molecule has 0 aliphatic heterocycles. The van der Waals surface area contributed by atoms with Crippen LogP contribution in [-0.4, -0.2) is 16.0 Å². The second kappa shape index (κ2) is 5.70. The molecular formula is C15H21N3S. The maximum Gasteiger partial charge on any atom is 0.135 e. The summed E-state index contributed by atoms with van der Waals surface area (Å²) in [6, 6.07) is 6.56. The molecule has 2 aromatic heterocycles. The summed E-state index contributed by atoms with van der Waals surface area (Å²) >= 11 is 1.80. The van der Waals surface area contributed by atoms with Gasteiger partial charge in [0.15, 0.2) is 0 Å². The molecule has 0 bridgehead atoms. The van der Waals surface area contributed by atoms with Gasteiger partial charge >= 0.3 is 0 Å². The van der Waals surface area contributed by atoms with Crippen LogP contribution >= 0.6 is 11.3 Å². The largest absolute Gasteiger partial charge is 0.367 e. The Balaban J connectivity index is 2.03. The molecule has 1 atom stereocenters. The summed E-state index contributed by atoms with van der Waals surface area (Å²) in [5.41, 5.74) is -0.0192. The van der Waals surface area contributed by atoms with Gasteiger partial charge in [0, 0.05) is 29.0 Å². The van der Waals surface area contributed by atoms with E-state index in [1.54, 1.807) is 11.3 Å². The summed E-state index contributed by atoms with van der Waals surface area (Å²) in [5.74, 6) is 1.78. The molecule has 0 amide bonds. The quantitative estimate of drug-likeness (QED) is 0.920. The number of anilines is 1. The third kappa shape index (κ3) is 4.03. The fraction of sp³-hybridized carbons (Fsp3) is 0.467. The molecule has 2 rings (SSSR count). The zero-order valence-electron chi connectivity index (χ0n) is 12.0. The van der Waals surface area contributed by atoms with Crippen LogP contribution in [0.5, 0.6) is 0 Å². The standard InChI is InChI=1S/C15H21N3S/c1-11(10-12-6-5-9-19-12)17-13-7-8-16-14(18-13)15(2,3)4/h5-9,11H,10H2,1-4H3,(H,16,17,18). The first-order chi connectivity index (χ1) is 8.95. The topological polar surface area (TPSA) is 37.8 Å². The maximum atomic E-state index is 4.59. The lowest BCUT2D eigenvalue weighted by Gasteiger charge is -2.19. The molecule has 1 unspecified atom stereocenters. The molecule has 2 heterocycles. The van der Waals surface area contributed by atoms with Crippen molar-refractivity contribution in [1.29, 1.82) is 0 Å². The molecule has 0 radical (unpaired) electrons. The first-order valence-electron chi connectivity index (χ1n) is 6.57. The van der Waals surface area contributed by atoms with E-state index in [0.29, 0.717) is 6.04 Å². The van der Waals surface area contributed by atoms with Crippen molar-refractivity contribution in [2.75, 3.05) is 5.32 Å². The molecule has 0 spiro atoms. The van der Waals surface area contributed by atoms with Gasteiger partial charge in [0.05, 0.1) is 0 Å². The van der Waals surface area contributed by atoms with E-state index >= 15 is 0 Å². The van der Waals surface area contributed by atoms with Gasteiger partial charge in [0.2, 0.25) is 0 Å². The van der Waals surface area contributed by atoms with E-state index in [4.69, 9.17) is 0 Å². The molecule has 0 saturated carbocycles. The average molecular weight is 275 g/mol. The highest BCUT2D eigenvalue weighted by Gasteiger charge is 2.17. The predicted octanol–water partition coefficient (Wildman–Crippen LogP) is 3.88. The third-order valence-electron chi connectivity index (χ3n) is 2.81. The van der Waals surface area contributed by atoms with Crippen molar-refractivity contribution in [3.63, 3.8) is 0 Å². The van der Waals surface area contributed by atoms with E-state index in [1.807, 2.05) is 12.3 Å². The van der Waals surface area contributed by atoms with Crippen LogP contribution in [0.25, 0.3) is 0 Å². The number of rotatable bonds is 4. The van der Waals surface area contributed by atoms with Gasteiger partial charge in [-0.05, 0) is 24.4 Å². The Morgan fingerprint density at radius 2 is 2.11 bits per heavy atom. The molecule has 2 aromatic rings. The van der Waals surface area contributed by atoms with Crippen LogP contribution in [0.1, 0.15) is 38.4 Å². The van der Waals surface area contributed by atoms with E-state index in [-0.39, 0.29) is 5.41 Å². The molecule has 1 N–H and O–H groups in total. The summed E-state index contributed by atoms with van der Waals surface area (Å²) in [4.78, 5) is 10.3. The molecule has 0 aliphatic carbocycles. The number of thiophene rings is 1. The van der Waals surface area contributed by atoms with Gasteiger partial charge in [0.1, 0.15) is 11.6 Å². The molecule has 0 fully saturated rings. The number of nitrogens with one attached hydrogen (secondary N) is 1. The Morgan fingerprint density at radius 3 is 2.74 bits per heavy atom. The fourth-order valence-corrected chi connectivity index (χ4v) is 2.67. The van der Waals surface area contributed by atoms with Gasteiger partial charge in [-0.3, -0.25) is 0 Å². The first kappa shape index (κ1) is 14.0. The van der Waals surface area contributed by atoms with Crippen molar-refractivity contribution in [3.05, 3.63) is 40.5 Å². The lowest BCUT2D eigenvalue weighted by atomic mass is 9.96. The Labute approximate surface area is 119 Å². The number of hydrogen-bond acceptors (Lipinski definition) is 4. The van der Waals surface area contributed by atoms with Crippen LogP contribution in [0.2, 0.25) is 0 Å². The van der Waals surface area contributed by atoms with Crippen LogP contribution < -0.4 is 5.32 Å². The second-order valence-corrected chi connectivity index (χ2v) is 6.88. The average Bonchev–Trinajstić information content (AvgIpc) is 2.80. The van der Waals surface area contributed by atoms with E-state index in [0.717, 1.165) is 18.1 Å². The summed E-state index contributed by atoms with van der Waals surface area (Å²) in [7, 11) is 0. The molecule has 0 saturated heterocycles. The summed E-state index contributed by atoms with van der Waals surface area (Å²) in [6.45, 7) is 8.56. The molecule has 0 aromatic carbocycles. The predicted molar refractivity (Wildman–Crippen MR) is 81.8 cm³/mol.